The molecule has 3 rings (SSSR count). The van der Waals surface area contributed by atoms with Crippen molar-refractivity contribution in [2.45, 2.75) is 38.7 Å². The van der Waals surface area contributed by atoms with Gasteiger partial charge in [-0.15, -0.1) is 0 Å². The number of hydrogen-bond donors (Lipinski definition) is 0. The molecule has 0 N–H and O–H groups in total. The fourth-order valence-corrected chi connectivity index (χ4v) is 3.43. The average molecular weight is 383 g/mol. The molecule has 6 heteroatoms. The number of benzene rings is 1. The Bertz CT molecular complexity index is 799. The highest BCUT2D eigenvalue weighted by atomic mass is 16.5. The molecular weight excluding hydrogens is 352 g/mol. The van der Waals surface area contributed by atoms with E-state index in [0.29, 0.717) is 17.6 Å². The Balaban J connectivity index is 1.62. The number of rotatable bonds is 7. The number of ether oxygens (including phenoxy) is 1. The summed E-state index contributed by atoms with van der Waals surface area (Å²) >= 11 is 0. The normalized spacial score (nSPS) is 16.2. The third-order valence-corrected chi connectivity index (χ3v) is 5.06. The summed E-state index contributed by atoms with van der Waals surface area (Å²) in [5.41, 5.74) is 3.45. The first kappa shape index (κ1) is 20.3. The van der Waals surface area contributed by atoms with E-state index in [9.17, 15) is 4.79 Å². The summed E-state index contributed by atoms with van der Waals surface area (Å²) in [7, 11) is 5.72. The Kier molecular flexibility index (Phi) is 6.62. The molecule has 1 atom stereocenters. The molecule has 1 aromatic heterocycles. The molecule has 2 heterocycles. The molecule has 0 spiro atoms. The number of amides is 1. The van der Waals surface area contributed by atoms with Crippen LogP contribution in [0.25, 0.3) is 11.3 Å². The largest absolute Gasteiger partial charge is 0.378 e. The number of aromatic nitrogens is 2. The van der Waals surface area contributed by atoms with E-state index >= 15 is 0 Å². The molecule has 1 saturated heterocycles. The van der Waals surface area contributed by atoms with Crippen LogP contribution in [0, 0.1) is 6.92 Å². The van der Waals surface area contributed by atoms with Gasteiger partial charge in [-0.05, 0) is 50.8 Å². The van der Waals surface area contributed by atoms with Gasteiger partial charge in [-0.2, -0.15) is 0 Å². The third kappa shape index (κ3) is 5.07. The van der Waals surface area contributed by atoms with Crippen molar-refractivity contribution in [1.29, 1.82) is 0 Å². The smallest absolute Gasteiger partial charge is 0.253 e. The quantitative estimate of drug-likeness (QED) is 0.733. The van der Waals surface area contributed by atoms with Gasteiger partial charge in [0, 0.05) is 51.1 Å². The summed E-state index contributed by atoms with van der Waals surface area (Å²) in [6.07, 6.45) is 4.69. The summed E-state index contributed by atoms with van der Waals surface area (Å²) in [5.74, 6) is 0.730. The van der Waals surface area contributed by atoms with Crippen molar-refractivity contribution in [2.75, 3.05) is 39.2 Å². The van der Waals surface area contributed by atoms with Gasteiger partial charge in [0.2, 0.25) is 5.95 Å². The second-order valence-corrected chi connectivity index (χ2v) is 7.67. The van der Waals surface area contributed by atoms with Gasteiger partial charge < -0.3 is 14.5 Å². The Morgan fingerprint density at radius 1 is 1.18 bits per heavy atom. The maximum atomic E-state index is 12.7. The molecular formula is C22H30N4O2. The molecule has 0 radical (unpaired) electrons. The zero-order chi connectivity index (χ0) is 20.1. The predicted octanol–water partition coefficient (Wildman–Crippen LogP) is 3.55. The van der Waals surface area contributed by atoms with Crippen LogP contribution in [-0.2, 0) is 4.74 Å². The van der Waals surface area contributed by atoms with Crippen LogP contribution in [0.2, 0.25) is 0 Å². The Morgan fingerprint density at radius 2 is 1.93 bits per heavy atom. The van der Waals surface area contributed by atoms with E-state index in [2.05, 4.69) is 9.97 Å². The molecule has 1 amide bonds. The molecule has 0 bridgehead atoms. The van der Waals surface area contributed by atoms with Crippen LogP contribution in [0.15, 0.2) is 30.3 Å². The van der Waals surface area contributed by atoms with Crippen LogP contribution in [0.5, 0.6) is 0 Å². The van der Waals surface area contributed by atoms with E-state index in [1.807, 2.05) is 63.3 Å². The number of hydrogen-bond acceptors (Lipinski definition) is 5. The summed E-state index contributed by atoms with van der Waals surface area (Å²) in [5, 5.41) is 0. The molecule has 1 unspecified atom stereocenters. The zero-order valence-electron chi connectivity index (χ0n) is 17.3. The van der Waals surface area contributed by atoms with E-state index in [1.54, 1.807) is 4.90 Å². The Morgan fingerprint density at radius 3 is 2.57 bits per heavy atom. The van der Waals surface area contributed by atoms with Crippen LogP contribution in [0.3, 0.4) is 0 Å². The minimum atomic E-state index is 0.0479. The number of aryl methyl sites for hydroxylation is 1. The summed E-state index contributed by atoms with van der Waals surface area (Å²) in [6.45, 7) is 3.59. The second kappa shape index (κ2) is 9.15. The maximum absolute atomic E-state index is 12.7. The van der Waals surface area contributed by atoms with Crippen LogP contribution < -0.4 is 4.90 Å². The van der Waals surface area contributed by atoms with Gasteiger partial charge in [0.15, 0.2) is 0 Å². The van der Waals surface area contributed by atoms with Crippen LogP contribution in [0.4, 0.5) is 5.95 Å². The van der Waals surface area contributed by atoms with Gasteiger partial charge in [-0.1, -0.05) is 12.1 Å². The predicted molar refractivity (Wildman–Crippen MR) is 112 cm³/mol. The Hall–Kier alpha value is -2.47. The SMILES string of the molecule is Cc1cc(-c2ccc(C(=O)N(C)CCCC3CCCO3)cc2)nc(N(C)C)n1. The lowest BCUT2D eigenvalue weighted by Gasteiger charge is -2.18. The minimum absolute atomic E-state index is 0.0479. The highest BCUT2D eigenvalue weighted by Crippen LogP contribution is 2.21. The van der Waals surface area contributed by atoms with Crippen molar-refractivity contribution in [3.8, 4) is 11.3 Å². The Labute approximate surface area is 167 Å². The summed E-state index contributed by atoms with van der Waals surface area (Å²) in [6, 6.07) is 9.62. The van der Waals surface area contributed by atoms with E-state index in [-0.39, 0.29) is 5.91 Å². The van der Waals surface area contributed by atoms with Gasteiger partial charge in [-0.25, -0.2) is 9.97 Å². The lowest BCUT2D eigenvalue weighted by Crippen LogP contribution is -2.28. The first-order chi connectivity index (χ1) is 13.4. The van der Waals surface area contributed by atoms with E-state index in [4.69, 9.17) is 4.74 Å². The maximum Gasteiger partial charge on any atom is 0.253 e. The number of nitrogens with zero attached hydrogens (tertiary/aromatic N) is 4. The standard InChI is InChI=1S/C22H30N4O2/c1-16-15-20(24-22(23-16)25(2)3)17-9-11-18(12-10-17)21(27)26(4)13-5-7-19-8-6-14-28-19/h9-12,15,19H,5-8,13-14H2,1-4H3. The van der Waals surface area contributed by atoms with Crippen molar-refractivity contribution in [3.63, 3.8) is 0 Å². The van der Waals surface area contributed by atoms with Crippen molar-refractivity contribution in [1.82, 2.24) is 14.9 Å². The molecule has 1 fully saturated rings. The lowest BCUT2D eigenvalue weighted by atomic mass is 10.1. The minimum Gasteiger partial charge on any atom is -0.378 e. The van der Waals surface area contributed by atoms with Crippen molar-refractivity contribution in [3.05, 3.63) is 41.6 Å². The average Bonchev–Trinajstić information content (AvgIpc) is 3.20. The number of anilines is 1. The molecule has 1 aliphatic rings. The molecule has 1 aliphatic heterocycles. The second-order valence-electron chi connectivity index (χ2n) is 7.67. The highest BCUT2D eigenvalue weighted by Gasteiger charge is 2.17. The van der Waals surface area contributed by atoms with Gasteiger partial charge in [0.05, 0.1) is 11.8 Å². The topological polar surface area (TPSA) is 58.6 Å². The molecule has 0 saturated carbocycles. The van der Waals surface area contributed by atoms with Gasteiger partial charge in [0.25, 0.3) is 5.91 Å². The van der Waals surface area contributed by atoms with Gasteiger partial charge >= 0.3 is 0 Å². The molecule has 28 heavy (non-hydrogen) atoms. The summed E-state index contributed by atoms with van der Waals surface area (Å²) < 4.78 is 5.65. The monoisotopic (exact) mass is 382 g/mol. The van der Waals surface area contributed by atoms with Crippen molar-refractivity contribution in [2.24, 2.45) is 0 Å². The van der Waals surface area contributed by atoms with Gasteiger partial charge in [0.1, 0.15) is 0 Å². The highest BCUT2D eigenvalue weighted by molar-refractivity contribution is 5.94. The first-order valence-corrected chi connectivity index (χ1v) is 9.94. The van der Waals surface area contributed by atoms with Crippen molar-refractivity contribution < 1.29 is 9.53 Å². The molecule has 1 aromatic carbocycles. The van der Waals surface area contributed by atoms with E-state index in [0.717, 1.165) is 55.8 Å². The molecule has 0 aliphatic carbocycles. The third-order valence-electron chi connectivity index (χ3n) is 5.06. The number of carbonyl (C=O) groups excluding carboxylic acids is 1. The van der Waals surface area contributed by atoms with Crippen LogP contribution >= 0.6 is 0 Å². The fourth-order valence-electron chi connectivity index (χ4n) is 3.43. The van der Waals surface area contributed by atoms with Crippen LogP contribution in [-0.4, -0.2) is 61.2 Å². The molecule has 150 valence electrons. The summed E-state index contributed by atoms with van der Waals surface area (Å²) in [4.78, 5) is 25.4. The molecule has 2 aromatic rings. The zero-order valence-corrected chi connectivity index (χ0v) is 17.3. The van der Waals surface area contributed by atoms with Crippen LogP contribution in [0.1, 0.15) is 41.7 Å². The van der Waals surface area contributed by atoms with Crippen molar-refractivity contribution >= 4 is 11.9 Å². The first-order valence-electron chi connectivity index (χ1n) is 9.94. The fraction of sp³-hybridized carbons (Fsp3) is 0.500. The van der Waals surface area contributed by atoms with E-state index < -0.39 is 0 Å². The van der Waals surface area contributed by atoms with E-state index in [1.165, 1.54) is 0 Å². The number of carbonyl (C=O) groups is 1. The molecule has 6 nitrogen and oxygen atoms in total. The van der Waals surface area contributed by atoms with Gasteiger partial charge in [-0.3, -0.25) is 4.79 Å². The lowest BCUT2D eigenvalue weighted by molar-refractivity contribution is 0.0763.